The van der Waals surface area contributed by atoms with Crippen molar-refractivity contribution in [3.63, 3.8) is 0 Å². The van der Waals surface area contributed by atoms with Gasteiger partial charge in [0.25, 0.3) is 0 Å². The maximum atomic E-state index is 2.35. The molecule has 2 atom stereocenters. The van der Waals surface area contributed by atoms with Crippen LogP contribution in [0.3, 0.4) is 0 Å². The fourth-order valence-corrected chi connectivity index (χ4v) is 4.97. The Hall–Kier alpha value is -1.56. The zero-order chi connectivity index (χ0) is 24.3. The first kappa shape index (κ1) is 28.5. The molecule has 0 radical (unpaired) electrons. The maximum Gasteiger partial charge on any atom is -0.0134 e. The van der Waals surface area contributed by atoms with Crippen LogP contribution in [0.2, 0.25) is 0 Å². The van der Waals surface area contributed by atoms with E-state index in [9.17, 15) is 0 Å². The van der Waals surface area contributed by atoms with Crippen LogP contribution in [0.4, 0.5) is 0 Å². The van der Waals surface area contributed by atoms with E-state index >= 15 is 0 Å². The van der Waals surface area contributed by atoms with Crippen molar-refractivity contribution in [1.29, 1.82) is 0 Å². The second-order valence-corrected chi connectivity index (χ2v) is 11.1. The Morgan fingerprint density at radius 3 is 1.06 bits per heavy atom. The molecule has 2 aromatic rings. The molecule has 180 valence electrons. The van der Waals surface area contributed by atoms with E-state index in [1.54, 1.807) is 11.1 Å². The summed E-state index contributed by atoms with van der Waals surface area (Å²) >= 11 is 0. The van der Waals surface area contributed by atoms with Crippen molar-refractivity contribution >= 4 is 0 Å². The van der Waals surface area contributed by atoms with Crippen molar-refractivity contribution in [1.82, 2.24) is 0 Å². The minimum Gasteiger partial charge on any atom is -0.0628 e. The third kappa shape index (κ3) is 9.13. The summed E-state index contributed by atoms with van der Waals surface area (Å²) in [6.45, 7) is 23.2. The van der Waals surface area contributed by atoms with Crippen molar-refractivity contribution < 1.29 is 0 Å². The Labute approximate surface area is 201 Å². The number of rotatable bonds is 10. The standard InChI is InChI=1S/2C16H26/c2*1-6-14-9-7-8-10-15(14)16(13(4)5)11-12(2)3/h2*7-10,12-13,16H,6,11H2,1-5H3. The van der Waals surface area contributed by atoms with Crippen LogP contribution in [0.15, 0.2) is 48.5 Å². The SMILES string of the molecule is CCc1ccccc1C(CC(C)C)C(C)C.CCc1ccccc1C(CC(C)C)C(C)C. The molecule has 0 nitrogen and oxygen atoms in total. The normalized spacial score (nSPS) is 13.4. The zero-order valence-electron chi connectivity index (χ0n) is 22.9. The molecule has 2 aromatic carbocycles. The predicted molar refractivity (Wildman–Crippen MR) is 146 cm³/mol. The van der Waals surface area contributed by atoms with Crippen molar-refractivity contribution in [2.24, 2.45) is 23.7 Å². The molecule has 0 N–H and O–H groups in total. The lowest BCUT2D eigenvalue weighted by atomic mass is 9.80. The molecule has 0 aromatic heterocycles. The van der Waals surface area contributed by atoms with Crippen molar-refractivity contribution in [2.75, 3.05) is 0 Å². The molecule has 0 bridgehead atoms. The van der Waals surface area contributed by atoms with Crippen LogP contribution in [0, 0.1) is 23.7 Å². The second kappa shape index (κ2) is 14.6. The van der Waals surface area contributed by atoms with Gasteiger partial charge in [0.15, 0.2) is 0 Å². The van der Waals surface area contributed by atoms with Crippen molar-refractivity contribution in [3.05, 3.63) is 70.8 Å². The maximum absolute atomic E-state index is 2.35. The van der Waals surface area contributed by atoms with Gasteiger partial charge in [0, 0.05) is 0 Å². The number of hydrogen-bond donors (Lipinski definition) is 0. The fourth-order valence-electron chi connectivity index (χ4n) is 4.97. The highest BCUT2D eigenvalue weighted by molar-refractivity contribution is 5.31. The quantitative estimate of drug-likeness (QED) is 0.347. The summed E-state index contributed by atoms with van der Waals surface area (Å²) in [4.78, 5) is 0. The molecule has 2 unspecified atom stereocenters. The van der Waals surface area contributed by atoms with Gasteiger partial charge in [0.1, 0.15) is 0 Å². The molecule has 0 heteroatoms. The summed E-state index contributed by atoms with van der Waals surface area (Å²) in [6.07, 6.45) is 4.90. The van der Waals surface area contributed by atoms with Gasteiger partial charge in [-0.05, 0) is 83.4 Å². The summed E-state index contributed by atoms with van der Waals surface area (Å²) in [5.41, 5.74) is 6.21. The molecule has 0 heterocycles. The highest BCUT2D eigenvalue weighted by atomic mass is 14.2. The van der Waals surface area contributed by atoms with E-state index in [0.29, 0.717) is 0 Å². The van der Waals surface area contributed by atoms with Crippen molar-refractivity contribution in [3.8, 4) is 0 Å². The molecule has 0 saturated carbocycles. The molecule has 0 aliphatic carbocycles. The van der Waals surface area contributed by atoms with E-state index < -0.39 is 0 Å². The average molecular weight is 437 g/mol. The Morgan fingerprint density at radius 1 is 0.500 bits per heavy atom. The lowest BCUT2D eigenvalue weighted by Gasteiger charge is -2.25. The second-order valence-electron chi connectivity index (χ2n) is 11.1. The molecular weight excluding hydrogens is 384 g/mol. The molecule has 32 heavy (non-hydrogen) atoms. The van der Waals surface area contributed by atoms with Gasteiger partial charge in [-0.15, -0.1) is 0 Å². The predicted octanol–water partition coefficient (Wildman–Crippen LogP) is 10.1. The molecule has 0 aliphatic rings. The smallest absolute Gasteiger partial charge is 0.0134 e. The topological polar surface area (TPSA) is 0 Å². The Kier molecular flexibility index (Phi) is 13.0. The van der Waals surface area contributed by atoms with E-state index in [1.807, 2.05) is 0 Å². The van der Waals surface area contributed by atoms with Crippen LogP contribution in [0.5, 0.6) is 0 Å². The molecule has 2 rings (SSSR count). The minimum absolute atomic E-state index is 0.719. The number of benzene rings is 2. The molecule has 0 aliphatic heterocycles. The van der Waals surface area contributed by atoms with Crippen LogP contribution >= 0.6 is 0 Å². The lowest BCUT2D eigenvalue weighted by molar-refractivity contribution is 0.406. The first-order valence-corrected chi connectivity index (χ1v) is 13.3. The van der Waals surface area contributed by atoms with Gasteiger partial charge in [0.05, 0.1) is 0 Å². The van der Waals surface area contributed by atoms with Crippen LogP contribution in [0.1, 0.15) is 116 Å². The summed E-state index contributed by atoms with van der Waals surface area (Å²) in [7, 11) is 0. The third-order valence-electron chi connectivity index (χ3n) is 6.73. The van der Waals surface area contributed by atoms with Crippen LogP contribution in [-0.4, -0.2) is 0 Å². The summed E-state index contributed by atoms with van der Waals surface area (Å²) in [6, 6.07) is 17.9. The summed E-state index contributed by atoms with van der Waals surface area (Å²) in [5.74, 6) is 4.45. The fraction of sp³-hybridized carbons (Fsp3) is 0.625. The first-order valence-electron chi connectivity index (χ1n) is 13.3. The Morgan fingerprint density at radius 2 is 0.812 bits per heavy atom. The highest BCUT2D eigenvalue weighted by Gasteiger charge is 2.20. The molecule has 0 amide bonds. The number of hydrogen-bond acceptors (Lipinski definition) is 0. The summed E-state index contributed by atoms with van der Waals surface area (Å²) in [5, 5.41) is 0. The minimum atomic E-state index is 0.719. The van der Waals surface area contributed by atoms with Crippen LogP contribution < -0.4 is 0 Å². The Bertz CT molecular complexity index is 685. The van der Waals surface area contributed by atoms with Gasteiger partial charge in [0.2, 0.25) is 0 Å². The van der Waals surface area contributed by atoms with Crippen LogP contribution in [0.25, 0.3) is 0 Å². The van der Waals surface area contributed by atoms with E-state index in [2.05, 4.69) is 118 Å². The number of aryl methyl sites for hydroxylation is 2. The van der Waals surface area contributed by atoms with Gasteiger partial charge in [-0.2, -0.15) is 0 Å². The van der Waals surface area contributed by atoms with Crippen LogP contribution in [-0.2, 0) is 12.8 Å². The van der Waals surface area contributed by atoms with Crippen molar-refractivity contribution in [2.45, 2.75) is 107 Å². The Balaban J connectivity index is 0.000000320. The molecular formula is C32H52. The first-order chi connectivity index (χ1) is 15.1. The molecule has 0 fully saturated rings. The van der Waals surface area contributed by atoms with Gasteiger partial charge >= 0.3 is 0 Å². The molecule has 0 spiro atoms. The van der Waals surface area contributed by atoms with E-state index in [-0.39, 0.29) is 0 Å². The highest BCUT2D eigenvalue weighted by Crippen LogP contribution is 2.34. The van der Waals surface area contributed by atoms with Gasteiger partial charge < -0.3 is 0 Å². The third-order valence-corrected chi connectivity index (χ3v) is 6.73. The van der Waals surface area contributed by atoms with E-state index in [4.69, 9.17) is 0 Å². The van der Waals surface area contributed by atoms with E-state index in [1.165, 1.54) is 24.0 Å². The van der Waals surface area contributed by atoms with Gasteiger partial charge in [-0.25, -0.2) is 0 Å². The monoisotopic (exact) mass is 436 g/mol. The average Bonchev–Trinajstić information content (AvgIpc) is 2.75. The molecule has 0 saturated heterocycles. The van der Waals surface area contributed by atoms with Gasteiger partial charge in [-0.1, -0.05) is 118 Å². The summed E-state index contributed by atoms with van der Waals surface area (Å²) < 4.78 is 0. The zero-order valence-corrected chi connectivity index (χ0v) is 22.9. The largest absolute Gasteiger partial charge is 0.0628 e. The lowest BCUT2D eigenvalue weighted by Crippen LogP contribution is -2.12. The van der Waals surface area contributed by atoms with E-state index in [0.717, 1.165) is 48.3 Å². The van der Waals surface area contributed by atoms with Gasteiger partial charge in [-0.3, -0.25) is 0 Å².